The van der Waals surface area contributed by atoms with Crippen LogP contribution in [0.15, 0.2) is 47.6 Å². The zero-order chi connectivity index (χ0) is 19.1. The van der Waals surface area contributed by atoms with Crippen LogP contribution in [0.4, 0.5) is 11.4 Å². The number of anilines is 1. The highest BCUT2D eigenvalue weighted by Crippen LogP contribution is 2.25. The van der Waals surface area contributed by atoms with Crippen LogP contribution in [0, 0.1) is 10.1 Å². The van der Waals surface area contributed by atoms with Crippen LogP contribution in [0.2, 0.25) is 5.02 Å². The van der Waals surface area contributed by atoms with Crippen molar-refractivity contribution >= 4 is 34.6 Å². The van der Waals surface area contributed by atoms with Crippen LogP contribution < -0.4 is 15.5 Å². The molecule has 0 atom stereocenters. The second kappa shape index (κ2) is 8.82. The summed E-state index contributed by atoms with van der Waals surface area (Å²) in [7, 11) is 1.57. The third-order valence-corrected chi connectivity index (χ3v) is 3.77. The molecule has 136 valence electrons. The number of nitro benzene ring substituents is 1. The van der Waals surface area contributed by atoms with Gasteiger partial charge in [0, 0.05) is 17.3 Å². The van der Waals surface area contributed by atoms with E-state index >= 15 is 0 Å². The highest BCUT2D eigenvalue weighted by molar-refractivity contribution is 6.32. The Morgan fingerprint density at radius 3 is 2.58 bits per heavy atom. The SMILES string of the molecule is COc1ccc(NCC(=O)N/N=C(/C)c2ccc(Cl)c([N+](=O)[O-])c2)cc1. The number of hydrogen-bond acceptors (Lipinski definition) is 6. The minimum atomic E-state index is -0.573. The Balaban J connectivity index is 1.94. The number of carbonyl (C=O) groups is 1. The number of amides is 1. The van der Waals surface area contributed by atoms with E-state index in [4.69, 9.17) is 16.3 Å². The number of ether oxygens (including phenoxy) is 1. The van der Waals surface area contributed by atoms with Crippen LogP contribution in [0.3, 0.4) is 0 Å². The normalized spacial score (nSPS) is 11.0. The van der Waals surface area contributed by atoms with Gasteiger partial charge >= 0.3 is 0 Å². The Labute approximate surface area is 155 Å². The van der Waals surface area contributed by atoms with E-state index in [2.05, 4.69) is 15.8 Å². The molecule has 0 saturated carbocycles. The van der Waals surface area contributed by atoms with E-state index in [-0.39, 0.29) is 23.2 Å². The first-order chi connectivity index (χ1) is 12.4. The predicted molar refractivity (Wildman–Crippen MR) is 99.9 cm³/mol. The number of rotatable bonds is 7. The minimum Gasteiger partial charge on any atom is -0.497 e. The molecular formula is C17H17ClN4O4. The van der Waals surface area contributed by atoms with E-state index in [1.165, 1.54) is 12.1 Å². The third kappa shape index (κ3) is 5.18. The quantitative estimate of drug-likeness (QED) is 0.438. The molecule has 26 heavy (non-hydrogen) atoms. The summed E-state index contributed by atoms with van der Waals surface area (Å²) in [6, 6.07) is 11.4. The smallest absolute Gasteiger partial charge is 0.288 e. The Hall–Kier alpha value is -3.13. The first-order valence-corrected chi connectivity index (χ1v) is 7.94. The van der Waals surface area contributed by atoms with Gasteiger partial charge in [0.2, 0.25) is 0 Å². The summed E-state index contributed by atoms with van der Waals surface area (Å²) in [5.41, 5.74) is 3.85. The zero-order valence-corrected chi connectivity index (χ0v) is 14.9. The molecule has 0 fully saturated rings. The lowest BCUT2D eigenvalue weighted by molar-refractivity contribution is -0.384. The van der Waals surface area contributed by atoms with E-state index in [9.17, 15) is 14.9 Å². The van der Waals surface area contributed by atoms with Gasteiger partial charge in [0.15, 0.2) is 0 Å². The molecule has 9 heteroatoms. The summed E-state index contributed by atoms with van der Waals surface area (Å²) in [5.74, 6) is 0.362. The van der Waals surface area contributed by atoms with E-state index in [0.717, 1.165) is 11.4 Å². The topological polar surface area (TPSA) is 106 Å². The average molecular weight is 377 g/mol. The van der Waals surface area contributed by atoms with Crippen molar-refractivity contribution in [1.82, 2.24) is 5.43 Å². The van der Waals surface area contributed by atoms with Gasteiger partial charge < -0.3 is 10.1 Å². The highest BCUT2D eigenvalue weighted by Gasteiger charge is 2.14. The summed E-state index contributed by atoms with van der Waals surface area (Å²) in [4.78, 5) is 22.2. The number of hydrazone groups is 1. The standard InChI is InChI=1S/C17H17ClN4O4/c1-11(12-3-8-15(18)16(9-12)22(24)25)20-21-17(23)10-19-13-4-6-14(26-2)7-5-13/h3-9,19H,10H2,1-2H3,(H,21,23)/b20-11-. The van der Waals surface area contributed by atoms with Crippen molar-refractivity contribution in [1.29, 1.82) is 0 Å². The molecule has 0 bridgehead atoms. The van der Waals surface area contributed by atoms with E-state index < -0.39 is 4.92 Å². The number of nitrogens with zero attached hydrogens (tertiary/aromatic N) is 2. The van der Waals surface area contributed by atoms with Gasteiger partial charge in [-0.05, 0) is 37.3 Å². The van der Waals surface area contributed by atoms with Gasteiger partial charge in [-0.1, -0.05) is 17.7 Å². The number of carbonyl (C=O) groups excluding carboxylic acids is 1. The van der Waals surface area contributed by atoms with Crippen LogP contribution >= 0.6 is 11.6 Å². The summed E-state index contributed by atoms with van der Waals surface area (Å²) in [6.07, 6.45) is 0. The second-order valence-electron chi connectivity index (χ2n) is 5.24. The summed E-state index contributed by atoms with van der Waals surface area (Å²) >= 11 is 5.77. The molecule has 1 amide bonds. The van der Waals surface area contributed by atoms with Crippen molar-refractivity contribution in [3.8, 4) is 5.75 Å². The molecule has 2 aromatic rings. The first-order valence-electron chi connectivity index (χ1n) is 7.56. The monoisotopic (exact) mass is 376 g/mol. The summed E-state index contributed by atoms with van der Waals surface area (Å²) in [5, 5.41) is 17.9. The van der Waals surface area contributed by atoms with Crippen molar-refractivity contribution < 1.29 is 14.5 Å². The average Bonchev–Trinajstić information content (AvgIpc) is 2.64. The molecule has 2 N–H and O–H groups in total. The van der Waals surface area contributed by atoms with Crippen LogP contribution in [-0.4, -0.2) is 30.2 Å². The van der Waals surface area contributed by atoms with Crippen molar-refractivity contribution in [3.05, 3.63) is 63.2 Å². The summed E-state index contributed by atoms with van der Waals surface area (Å²) < 4.78 is 5.06. The Morgan fingerprint density at radius 1 is 1.27 bits per heavy atom. The minimum absolute atomic E-state index is 0.0177. The van der Waals surface area contributed by atoms with E-state index in [1.54, 1.807) is 44.4 Å². The lowest BCUT2D eigenvalue weighted by atomic mass is 10.1. The fraction of sp³-hybridized carbons (Fsp3) is 0.176. The number of nitro groups is 1. The fourth-order valence-electron chi connectivity index (χ4n) is 2.02. The molecule has 0 aliphatic rings. The van der Waals surface area contributed by atoms with Gasteiger partial charge in [-0.25, -0.2) is 5.43 Å². The van der Waals surface area contributed by atoms with Crippen LogP contribution in [0.1, 0.15) is 12.5 Å². The maximum absolute atomic E-state index is 11.9. The van der Waals surface area contributed by atoms with Gasteiger partial charge in [-0.3, -0.25) is 14.9 Å². The first kappa shape index (κ1) is 19.2. The molecule has 0 unspecified atom stereocenters. The molecular weight excluding hydrogens is 360 g/mol. The lowest BCUT2D eigenvalue weighted by Gasteiger charge is -2.07. The van der Waals surface area contributed by atoms with Crippen molar-refractivity contribution in [2.24, 2.45) is 5.10 Å². The van der Waals surface area contributed by atoms with Crippen LogP contribution in [-0.2, 0) is 4.79 Å². The molecule has 0 aliphatic heterocycles. The number of halogens is 1. The number of hydrogen-bond donors (Lipinski definition) is 2. The Morgan fingerprint density at radius 2 is 1.96 bits per heavy atom. The van der Waals surface area contributed by atoms with Gasteiger partial charge in [0.05, 0.1) is 24.3 Å². The van der Waals surface area contributed by atoms with E-state index in [1.807, 2.05) is 0 Å². The highest BCUT2D eigenvalue weighted by atomic mass is 35.5. The van der Waals surface area contributed by atoms with Gasteiger partial charge in [-0.15, -0.1) is 0 Å². The number of nitrogens with one attached hydrogen (secondary N) is 2. The fourth-order valence-corrected chi connectivity index (χ4v) is 2.21. The van der Waals surface area contributed by atoms with Crippen molar-refractivity contribution in [2.75, 3.05) is 19.0 Å². The lowest BCUT2D eigenvalue weighted by Crippen LogP contribution is -2.26. The molecule has 0 saturated heterocycles. The molecule has 0 aliphatic carbocycles. The second-order valence-corrected chi connectivity index (χ2v) is 5.64. The van der Waals surface area contributed by atoms with Gasteiger partial charge in [-0.2, -0.15) is 5.10 Å². The molecule has 8 nitrogen and oxygen atoms in total. The zero-order valence-electron chi connectivity index (χ0n) is 14.2. The predicted octanol–water partition coefficient (Wildman–Crippen LogP) is 3.21. The van der Waals surface area contributed by atoms with Crippen LogP contribution in [0.5, 0.6) is 5.75 Å². The molecule has 0 heterocycles. The van der Waals surface area contributed by atoms with Gasteiger partial charge in [0.1, 0.15) is 10.8 Å². The van der Waals surface area contributed by atoms with Crippen molar-refractivity contribution in [3.63, 3.8) is 0 Å². The third-order valence-electron chi connectivity index (χ3n) is 3.45. The molecule has 0 spiro atoms. The summed E-state index contributed by atoms with van der Waals surface area (Å²) in [6.45, 7) is 1.65. The molecule has 2 aromatic carbocycles. The Bertz CT molecular complexity index is 837. The maximum atomic E-state index is 11.9. The largest absolute Gasteiger partial charge is 0.497 e. The molecule has 0 aromatic heterocycles. The maximum Gasteiger partial charge on any atom is 0.288 e. The van der Waals surface area contributed by atoms with Crippen molar-refractivity contribution in [2.45, 2.75) is 6.92 Å². The van der Waals surface area contributed by atoms with Crippen LogP contribution in [0.25, 0.3) is 0 Å². The molecule has 2 rings (SSSR count). The number of benzene rings is 2. The van der Waals surface area contributed by atoms with E-state index in [0.29, 0.717) is 11.3 Å². The Kier molecular flexibility index (Phi) is 6.51. The molecule has 0 radical (unpaired) electrons. The number of methoxy groups -OCH3 is 1. The van der Waals surface area contributed by atoms with Gasteiger partial charge in [0.25, 0.3) is 11.6 Å².